The molecule has 3 aromatic rings. The van der Waals surface area contributed by atoms with Gasteiger partial charge in [0.25, 0.3) is 11.5 Å². The number of anilines is 1. The van der Waals surface area contributed by atoms with Gasteiger partial charge in [0.15, 0.2) is 5.15 Å². The lowest BCUT2D eigenvalue weighted by Crippen LogP contribution is -2.27. The summed E-state index contributed by atoms with van der Waals surface area (Å²) in [4.78, 5) is 33.1. The molecule has 7 nitrogen and oxygen atoms in total. The largest absolute Gasteiger partial charge is 0.299 e. The number of carbonyl (C=O) groups excluding carboxylic acids is 1. The molecular weight excluding hydrogens is 338 g/mol. The molecule has 0 aromatic carbocycles. The highest BCUT2D eigenvalue weighted by atomic mass is 35.5. The van der Waals surface area contributed by atoms with Gasteiger partial charge in [-0.05, 0) is 18.2 Å². The summed E-state index contributed by atoms with van der Waals surface area (Å²) in [6.45, 7) is 0. The number of amides is 1. The lowest BCUT2D eigenvalue weighted by Gasteiger charge is -2.13. The minimum absolute atomic E-state index is 0.111. The minimum atomic E-state index is -0.399. The van der Waals surface area contributed by atoms with Crippen LogP contribution in [-0.2, 0) is 0 Å². The second-order valence-electron chi connectivity index (χ2n) is 4.53. The molecule has 0 atom stereocenters. The molecule has 0 saturated heterocycles. The summed E-state index contributed by atoms with van der Waals surface area (Å²) in [7, 11) is 1.57. The summed E-state index contributed by atoms with van der Waals surface area (Å²) < 4.78 is 0. The van der Waals surface area contributed by atoms with Gasteiger partial charge in [0, 0.05) is 31.1 Å². The first-order valence-corrected chi connectivity index (χ1v) is 7.66. The standard InChI is InChI=1S/C14H10ClN5O2S/c1-20(13(22)9-4-5-10(21)19-18-9)14-11(15)17-12(23-14)8-3-2-6-16-7-8/h2-7H,1H3,(H,19,21). The lowest BCUT2D eigenvalue weighted by atomic mass is 10.3. The van der Waals surface area contributed by atoms with Crippen LogP contribution in [0.4, 0.5) is 5.00 Å². The molecule has 0 unspecified atom stereocenters. The van der Waals surface area contributed by atoms with Crippen LogP contribution < -0.4 is 10.5 Å². The first kappa shape index (κ1) is 15.3. The molecule has 0 fully saturated rings. The van der Waals surface area contributed by atoms with E-state index in [2.05, 4.69) is 20.2 Å². The molecule has 3 rings (SSSR count). The Morgan fingerprint density at radius 3 is 2.83 bits per heavy atom. The van der Waals surface area contributed by atoms with E-state index in [1.807, 2.05) is 6.07 Å². The van der Waals surface area contributed by atoms with Crippen LogP contribution >= 0.6 is 22.9 Å². The predicted molar refractivity (Wildman–Crippen MR) is 87.9 cm³/mol. The summed E-state index contributed by atoms with van der Waals surface area (Å²) in [5.74, 6) is -0.399. The van der Waals surface area contributed by atoms with Gasteiger partial charge >= 0.3 is 0 Å². The topological polar surface area (TPSA) is 91.8 Å². The van der Waals surface area contributed by atoms with Crippen molar-refractivity contribution in [3.63, 3.8) is 0 Å². The lowest BCUT2D eigenvalue weighted by molar-refractivity contribution is 0.0987. The van der Waals surface area contributed by atoms with Crippen molar-refractivity contribution >= 4 is 33.8 Å². The van der Waals surface area contributed by atoms with Crippen LogP contribution in [-0.4, -0.2) is 33.1 Å². The predicted octanol–water partition coefficient (Wildman–Crippen LogP) is 2.22. The van der Waals surface area contributed by atoms with Gasteiger partial charge in [-0.2, -0.15) is 5.10 Å². The molecule has 0 radical (unpaired) electrons. The average molecular weight is 348 g/mol. The Morgan fingerprint density at radius 1 is 1.35 bits per heavy atom. The summed E-state index contributed by atoms with van der Waals surface area (Å²) >= 11 is 7.42. The fraction of sp³-hybridized carbons (Fsp3) is 0.0714. The molecule has 0 aliphatic rings. The third-order valence-electron chi connectivity index (χ3n) is 2.99. The van der Waals surface area contributed by atoms with E-state index in [0.29, 0.717) is 10.0 Å². The Morgan fingerprint density at radius 2 is 2.17 bits per heavy atom. The quantitative estimate of drug-likeness (QED) is 0.784. The van der Waals surface area contributed by atoms with Crippen molar-refractivity contribution in [3.05, 3.63) is 57.9 Å². The van der Waals surface area contributed by atoms with Crippen molar-refractivity contribution in [1.82, 2.24) is 20.2 Å². The zero-order valence-corrected chi connectivity index (χ0v) is 13.4. The van der Waals surface area contributed by atoms with Gasteiger partial charge in [-0.15, -0.1) is 0 Å². The Bertz CT molecular complexity index is 889. The molecular formula is C14H10ClN5O2S. The van der Waals surface area contributed by atoms with Crippen LogP contribution in [0.5, 0.6) is 0 Å². The van der Waals surface area contributed by atoms with Gasteiger partial charge in [-0.25, -0.2) is 10.1 Å². The van der Waals surface area contributed by atoms with Crippen LogP contribution in [0.15, 0.2) is 41.5 Å². The monoisotopic (exact) mass is 347 g/mol. The first-order valence-electron chi connectivity index (χ1n) is 6.47. The van der Waals surface area contributed by atoms with Crippen molar-refractivity contribution in [1.29, 1.82) is 0 Å². The molecule has 0 aliphatic carbocycles. The highest BCUT2D eigenvalue weighted by molar-refractivity contribution is 7.19. The van der Waals surface area contributed by atoms with Gasteiger partial charge < -0.3 is 0 Å². The number of H-pyrrole nitrogens is 1. The number of rotatable bonds is 3. The molecule has 1 amide bonds. The van der Waals surface area contributed by atoms with Crippen molar-refractivity contribution < 1.29 is 4.79 Å². The Kier molecular flexibility index (Phi) is 4.18. The van der Waals surface area contributed by atoms with Crippen molar-refractivity contribution in [2.24, 2.45) is 0 Å². The third-order valence-corrected chi connectivity index (χ3v) is 4.54. The average Bonchev–Trinajstić information content (AvgIpc) is 2.97. The third kappa shape index (κ3) is 3.13. The van der Waals surface area contributed by atoms with Gasteiger partial charge in [-0.3, -0.25) is 19.5 Å². The zero-order valence-electron chi connectivity index (χ0n) is 11.9. The van der Waals surface area contributed by atoms with Gasteiger partial charge in [0.05, 0.1) is 0 Å². The SMILES string of the molecule is CN(C(=O)c1ccc(=O)[nH]n1)c1sc(-c2cccnc2)nc1Cl. The molecule has 0 spiro atoms. The second kappa shape index (κ2) is 6.27. The molecule has 9 heteroatoms. The summed E-state index contributed by atoms with van der Waals surface area (Å²) in [6.07, 6.45) is 3.33. The maximum absolute atomic E-state index is 12.4. The molecule has 1 N–H and O–H groups in total. The van der Waals surface area contributed by atoms with Crippen LogP contribution in [0.1, 0.15) is 10.5 Å². The number of aromatic amines is 1. The number of thiazole rings is 1. The number of hydrogen-bond acceptors (Lipinski definition) is 6. The van der Waals surface area contributed by atoms with E-state index in [-0.39, 0.29) is 16.4 Å². The minimum Gasteiger partial charge on any atom is -0.299 e. The number of carbonyl (C=O) groups is 1. The van der Waals surface area contributed by atoms with E-state index in [1.54, 1.807) is 25.5 Å². The number of hydrogen-bond donors (Lipinski definition) is 1. The highest BCUT2D eigenvalue weighted by Gasteiger charge is 2.21. The summed E-state index contributed by atoms with van der Waals surface area (Å²) in [6, 6.07) is 6.25. The van der Waals surface area contributed by atoms with Crippen LogP contribution in [0.3, 0.4) is 0 Å². The Balaban J connectivity index is 1.92. The molecule has 0 saturated carbocycles. The number of aromatic nitrogens is 4. The molecule has 0 aliphatic heterocycles. The second-order valence-corrected chi connectivity index (χ2v) is 5.86. The highest BCUT2D eigenvalue weighted by Crippen LogP contribution is 2.37. The number of nitrogens with zero attached hydrogens (tertiary/aromatic N) is 4. The van der Waals surface area contributed by atoms with Crippen molar-refractivity contribution in [2.75, 3.05) is 11.9 Å². The van der Waals surface area contributed by atoms with Gasteiger partial charge in [-0.1, -0.05) is 22.9 Å². The Hall–Kier alpha value is -2.58. The molecule has 0 bridgehead atoms. The van der Waals surface area contributed by atoms with Gasteiger partial charge in [0.2, 0.25) is 0 Å². The number of pyridine rings is 1. The van der Waals surface area contributed by atoms with E-state index in [4.69, 9.17) is 11.6 Å². The van der Waals surface area contributed by atoms with Crippen LogP contribution in [0.2, 0.25) is 5.15 Å². The fourth-order valence-electron chi connectivity index (χ4n) is 1.84. The van der Waals surface area contributed by atoms with Crippen molar-refractivity contribution in [2.45, 2.75) is 0 Å². The van der Waals surface area contributed by atoms with Crippen molar-refractivity contribution in [3.8, 4) is 10.6 Å². The molecule has 3 heterocycles. The molecule has 116 valence electrons. The zero-order chi connectivity index (χ0) is 16.4. The summed E-state index contributed by atoms with van der Waals surface area (Å²) in [5, 5.41) is 7.31. The van der Waals surface area contributed by atoms with E-state index >= 15 is 0 Å². The number of halogens is 1. The maximum atomic E-state index is 12.4. The van der Waals surface area contributed by atoms with E-state index < -0.39 is 5.91 Å². The van der Waals surface area contributed by atoms with E-state index in [0.717, 1.165) is 5.56 Å². The smallest absolute Gasteiger partial charge is 0.279 e. The fourth-order valence-corrected chi connectivity index (χ4v) is 3.13. The molecule has 3 aromatic heterocycles. The van der Waals surface area contributed by atoms with E-state index in [9.17, 15) is 9.59 Å². The Labute approximate surface area is 139 Å². The maximum Gasteiger partial charge on any atom is 0.279 e. The molecule has 23 heavy (non-hydrogen) atoms. The van der Waals surface area contributed by atoms with Crippen LogP contribution in [0.25, 0.3) is 10.6 Å². The normalized spacial score (nSPS) is 10.5. The number of nitrogens with one attached hydrogen (secondary N) is 1. The van der Waals surface area contributed by atoms with Gasteiger partial charge in [0.1, 0.15) is 15.7 Å². The van der Waals surface area contributed by atoms with Crippen LogP contribution in [0, 0.1) is 0 Å². The summed E-state index contributed by atoms with van der Waals surface area (Å²) in [5.41, 5.74) is 0.548. The first-order chi connectivity index (χ1) is 11.1. The van der Waals surface area contributed by atoms with E-state index in [1.165, 1.54) is 28.4 Å².